The van der Waals surface area contributed by atoms with Crippen LogP contribution in [0.3, 0.4) is 0 Å². The van der Waals surface area contributed by atoms with Gasteiger partial charge in [0.2, 0.25) is 0 Å². The molecule has 0 amide bonds. The minimum Gasteiger partial charge on any atom is -0.716 e. The van der Waals surface area contributed by atoms with Crippen molar-refractivity contribution in [2.45, 2.75) is 6.92 Å². The van der Waals surface area contributed by atoms with E-state index in [0.717, 1.165) is 6.92 Å². The minimum absolute atomic E-state index is 0. The first-order valence-corrected chi connectivity index (χ1v) is 2.91. The Morgan fingerprint density at radius 1 is 1.56 bits per heavy atom. The second-order valence-corrected chi connectivity index (χ2v) is 1.97. The fourth-order valence-corrected chi connectivity index (χ4v) is 0.431. The van der Waals surface area contributed by atoms with Gasteiger partial charge in [-0.25, -0.2) is 8.42 Å². The summed E-state index contributed by atoms with van der Waals surface area (Å²) < 4.78 is 31.5. The molecular weight excluding hydrogens is 159 g/mol. The van der Waals surface area contributed by atoms with Crippen LogP contribution < -0.4 is 29.6 Å². The van der Waals surface area contributed by atoms with E-state index >= 15 is 0 Å². The molecule has 0 bridgehead atoms. The van der Waals surface area contributed by atoms with Crippen LogP contribution in [0.15, 0.2) is 0 Å². The smallest absolute Gasteiger partial charge is 0.716 e. The van der Waals surface area contributed by atoms with E-state index in [4.69, 9.17) is 0 Å². The van der Waals surface area contributed by atoms with Gasteiger partial charge in [-0.1, -0.05) is 0 Å². The zero-order valence-electron chi connectivity index (χ0n) is 4.95. The Hall–Kier alpha value is 0.380. The van der Waals surface area contributed by atoms with Crippen molar-refractivity contribution < 1.29 is 51.5 Å². The van der Waals surface area contributed by atoms with Crippen molar-refractivity contribution in [1.82, 2.24) is 0 Å². The first kappa shape index (κ1) is 12.1. The predicted octanol–water partition coefficient (Wildman–Crippen LogP) is -3.99. The zero-order chi connectivity index (χ0) is 6.78. The van der Waals surface area contributed by atoms with E-state index in [1.165, 1.54) is 0 Å². The third-order valence-corrected chi connectivity index (χ3v) is 0.658. The van der Waals surface area contributed by atoms with E-state index < -0.39 is 16.4 Å². The Morgan fingerprint density at radius 2 is 1.89 bits per heavy atom. The van der Waals surface area contributed by atoms with E-state index in [0.29, 0.717) is 0 Å². The largest absolute Gasteiger partial charge is 1.00 e. The first-order chi connectivity index (χ1) is 3.42. The fraction of sp³-hybridized carbons (Fsp3) is 0.500. The average molecular weight is 162 g/mol. The molecular formula is C2H3NaO5S. The number of carbonyl (C=O) groups is 1. The van der Waals surface area contributed by atoms with Gasteiger partial charge in [0.25, 0.3) is 10.4 Å². The van der Waals surface area contributed by atoms with Gasteiger partial charge in [-0.2, -0.15) is 0 Å². The zero-order valence-corrected chi connectivity index (χ0v) is 7.77. The van der Waals surface area contributed by atoms with Crippen molar-refractivity contribution in [2.75, 3.05) is 0 Å². The van der Waals surface area contributed by atoms with Crippen molar-refractivity contribution in [3.63, 3.8) is 0 Å². The standard InChI is InChI=1S/C2H4O5S.Na/c1-2(3)7-8(4,5)6;/h1H3,(H,4,5,6);/q;+1/p-1. The monoisotopic (exact) mass is 162 g/mol. The van der Waals surface area contributed by atoms with Crippen molar-refractivity contribution in [2.24, 2.45) is 0 Å². The van der Waals surface area contributed by atoms with Crippen molar-refractivity contribution in [1.29, 1.82) is 0 Å². The Bertz CT molecular complexity index is 181. The van der Waals surface area contributed by atoms with E-state index in [-0.39, 0.29) is 29.6 Å². The minimum atomic E-state index is -4.82. The van der Waals surface area contributed by atoms with E-state index in [2.05, 4.69) is 4.18 Å². The van der Waals surface area contributed by atoms with Crippen LogP contribution in [0.1, 0.15) is 6.92 Å². The van der Waals surface area contributed by atoms with E-state index in [1.54, 1.807) is 0 Å². The van der Waals surface area contributed by atoms with Gasteiger partial charge in [-0.05, 0) is 0 Å². The molecule has 0 aromatic heterocycles. The molecule has 0 aliphatic rings. The predicted molar refractivity (Wildman–Crippen MR) is 21.5 cm³/mol. The third kappa shape index (κ3) is 11.8. The van der Waals surface area contributed by atoms with Crippen molar-refractivity contribution in [3.05, 3.63) is 0 Å². The van der Waals surface area contributed by atoms with Gasteiger partial charge in [0.1, 0.15) is 0 Å². The summed E-state index contributed by atoms with van der Waals surface area (Å²) in [5.74, 6) is -1.13. The Morgan fingerprint density at radius 3 is 1.89 bits per heavy atom. The average Bonchev–Trinajstić information content (AvgIpc) is 1.21. The van der Waals surface area contributed by atoms with Gasteiger partial charge in [-0.3, -0.25) is 4.79 Å². The topological polar surface area (TPSA) is 83.5 Å². The quantitative estimate of drug-likeness (QED) is 0.223. The van der Waals surface area contributed by atoms with Crippen LogP contribution in [0.4, 0.5) is 0 Å². The van der Waals surface area contributed by atoms with Gasteiger partial charge < -0.3 is 8.74 Å². The molecule has 0 spiro atoms. The molecule has 9 heavy (non-hydrogen) atoms. The van der Waals surface area contributed by atoms with Gasteiger partial charge in [-0.15, -0.1) is 0 Å². The van der Waals surface area contributed by atoms with E-state index in [1.807, 2.05) is 0 Å². The molecule has 0 rings (SSSR count). The van der Waals surface area contributed by atoms with Crippen LogP contribution in [-0.4, -0.2) is 18.9 Å². The second-order valence-electron chi connectivity index (χ2n) is 0.983. The molecule has 0 aromatic rings. The van der Waals surface area contributed by atoms with Crippen LogP contribution in [0.2, 0.25) is 0 Å². The third-order valence-electron chi connectivity index (χ3n) is 0.219. The van der Waals surface area contributed by atoms with Crippen molar-refractivity contribution >= 4 is 16.4 Å². The Labute approximate surface area is 74.6 Å². The molecule has 0 aliphatic carbocycles. The Balaban J connectivity index is 0. The molecule has 0 aromatic carbocycles. The van der Waals surface area contributed by atoms with Gasteiger partial charge in [0.05, 0.1) is 0 Å². The number of carbonyl (C=O) groups excluding carboxylic acids is 1. The summed E-state index contributed by atoms with van der Waals surface area (Å²) in [6, 6.07) is 0. The van der Waals surface area contributed by atoms with Gasteiger partial charge >= 0.3 is 35.5 Å². The molecule has 0 N–H and O–H groups in total. The molecule has 0 unspecified atom stereocenters. The molecule has 7 heteroatoms. The maximum absolute atomic E-state index is 9.66. The van der Waals surface area contributed by atoms with Crippen LogP contribution in [-0.2, 0) is 19.4 Å². The van der Waals surface area contributed by atoms with Crippen LogP contribution in [0.5, 0.6) is 0 Å². The molecule has 0 saturated carbocycles. The molecule has 0 aliphatic heterocycles. The molecule has 48 valence electrons. The summed E-state index contributed by atoms with van der Waals surface area (Å²) in [4.78, 5) is 9.66. The molecule has 5 nitrogen and oxygen atoms in total. The fourth-order valence-electron chi connectivity index (χ4n) is 0.144. The Kier molecular flexibility index (Phi) is 5.69. The summed E-state index contributed by atoms with van der Waals surface area (Å²) in [6.45, 7) is 0.829. The van der Waals surface area contributed by atoms with Crippen LogP contribution in [0, 0.1) is 0 Å². The van der Waals surface area contributed by atoms with Gasteiger partial charge in [0.15, 0.2) is 0 Å². The van der Waals surface area contributed by atoms with E-state index in [9.17, 15) is 17.8 Å². The van der Waals surface area contributed by atoms with Crippen LogP contribution >= 0.6 is 0 Å². The molecule has 0 radical (unpaired) electrons. The van der Waals surface area contributed by atoms with Crippen molar-refractivity contribution in [3.8, 4) is 0 Å². The number of hydrogen-bond acceptors (Lipinski definition) is 5. The first-order valence-electron chi connectivity index (χ1n) is 1.57. The molecule has 0 heterocycles. The summed E-state index contributed by atoms with van der Waals surface area (Å²) in [5, 5.41) is 0. The van der Waals surface area contributed by atoms with Crippen LogP contribution in [0.25, 0.3) is 0 Å². The summed E-state index contributed by atoms with van der Waals surface area (Å²) in [5.41, 5.74) is 0. The number of rotatable bonds is 1. The number of hydrogen-bond donors (Lipinski definition) is 0. The van der Waals surface area contributed by atoms with Gasteiger partial charge in [0, 0.05) is 6.92 Å². The second kappa shape index (κ2) is 4.24. The summed E-state index contributed by atoms with van der Waals surface area (Å²) in [6.07, 6.45) is 0. The normalized spacial score (nSPS) is 9.56. The summed E-state index contributed by atoms with van der Waals surface area (Å²) >= 11 is 0. The summed E-state index contributed by atoms with van der Waals surface area (Å²) in [7, 11) is -4.82. The molecule has 0 saturated heterocycles. The molecule has 0 fully saturated rings. The molecule has 0 atom stereocenters. The maximum Gasteiger partial charge on any atom is 1.00 e. The SMILES string of the molecule is CC(=O)OS(=O)(=O)[O-].[Na+]. The maximum atomic E-state index is 9.66.